The van der Waals surface area contributed by atoms with Crippen molar-refractivity contribution in [2.45, 2.75) is 32.4 Å². The van der Waals surface area contributed by atoms with Crippen LogP contribution in [0.3, 0.4) is 0 Å². The largest absolute Gasteiger partial charge is 0.320 e. The van der Waals surface area contributed by atoms with Crippen LogP contribution in [-0.4, -0.2) is 62.2 Å². The third-order valence-corrected chi connectivity index (χ3v) is 3.43. The van der Waals surface area contributed by atoms with Gasteiger partial charge in [-0.1, -0.05) is 0 Å². The summed E-state index contributed by atoms with van der Waals surface area (Å²) >= 11 is 0. The van der Waals surface area contributed by atoms with E-state index in [1.807, 2.05) is 7.05 Å². The molecule has 1 heterocycles. The number of nitrogens with one attached hydrogen (secondary N) is 1. The van der Waals surface area contributed by atoms with Crippen LogP contribution in [0.25, 0.3) is 0 Å². The van der Waals surface area contributed by atoms with Crippen molar-refractivity contribution in [3.8, 4) is 0 Å². The summed E-state index contributed by atoms with van der Waals surface area (Å²) in [5.74, 6) is 0. The molecule has 0 radical (unpaired) electrons. The van der Waals surface area contributed by atoms with Crippen LogP contribution in [0.2, 0.25) is 0 Å². The second-order valence-electron chi connectivity index (χ2n) is 4.57. The van der Waals surface area contributed by atoms with E-state index in [-0.39, 0.29) is 0 Å². The maximum atomic E-state index is 3.22. The Morgan fingerprint density at radius 1 is 1.43 bits per heavy atom. The molecule has 0 aromatic carbocycles. The Morgan fingerprint density at radius 3 is 2.71 bits per heavy atom. The summed E-state index contributed by atoms with van der Waals surface area (Å²) in [4.78, 5) is 5.06. The second kappa shape index (κ2) is 5.69. The molecule has 0 aromatic heterocycles. The molecule has 1 aliphatic rings. The zero-order valence-electron chi connectivity index (χ0n) is 10.1. The summed E-state index contributed by atoms with van der Waals surface area (Å²) in [7, 11) is 4.25. The Labute approximate surface area is 88.5 Å². The van der Waals surface area contributed by atoms with Crippen LogP contribution in [0.15, 0.2) is 0 Å². The van der Waals surface area contributed by atoms with Crippen molar-refractivity contribution >= 4 is 0 Å². The molecule has 2 atom stereocenters. The molecule has 14 heavy (non-hydrogen) atoms. The number of hydrogen-bond donors (Lipinski definition) is 1. The first-order chi connectivity index (χ1) is 6.65. The fourth-order valence-corrected chi connectivity index (χ4v) is 2.01. The van der Waals surface area contributed by atoms with E-state index >= 15 is 0 Å². The molecule has 2 unspecified atom stereocenters. The Morgan fingerprint density at radius 2 is 2.14 bits per heavy atom. The molecule has 0 saturated carbocycles. The Bertz CT molecular complexity index is 161. The van der Waals surface area contributed by atoms with Crippen molar-refractivity contribution in [2.24, 2.45) is 0 Å². The van der Waals surface area contributed by atoms with Crippen LogP contribution in [-0.2, 0) is 0 Å². The van der Waals surface area contributed by atoms with Crippen molar-refractivity contribution < 1.29 is 0 Å². The van der Waals surface area contributed by atoms with E-state index in [1.54, 1.807) is 0 Å². The third-order valence-electron chi connectivity index (χ3n) is 3.43. The fourth-order valence-electron chi connectivity index (χ4n) is 2.01. The lowest BCUT2D eigenvalue weighted by atomic mass is 10.1. The molecule has 3 nitrogen and oxygen atoms in total. The second-order valence-corrected chi connectivity index (χ2v) is 4.57. The number of nitrogens with zero attached hydrogens (tertiary/aromatic N) is 2. The number of likely N-dealkylation sites (N-methyl/N-ethyl adjacent to an activating group) is 1. The lowest BCUT2D eigenvalue weighted by Crippen LogP contribution is -2.53. The molecular weight excluding hydrogens is 174 g/mol. The van der Waals surface area contributed by atoms with Gasteiger partial charge in [-0.3, -0.25) is 4.90 Å². The van der Waals surface area contributed by atoms with Gasteiger partial charge >= 0.3 is 0 Å². The van der Waals surface area contributed by atoms with Crippen molar-refractivity contribution in [3.63, 3.8) is 0 Å². The van der Waals surface area contributed by atoms with Gasteiger partial charge in [-0.05, 0) is 40.9 Å². The lowest BCUT2D eigenvalue weighted by molar-refractivity contribution is 0.0749. The van der Waals surface area contributed by atoms with Gasteiger partial charge in [0.05, 0.1) is 0 Å². The topological polar surface area (TPSA) is 18.5 Å². The summed E-state index contributed by atoms with van der Waals surface area (Å²) in [5, 5.41) is 3.22. The molecular formula is C11H25N3. The van der Waals surface area contributed by atoms with Crippen LogP contribution >= 0.6 is 0 Å². The summed E-state index contributed by atoms with van der Waals surface area (Å²) in [6.45, 7) is 9.45. The summed E-state index contributed by atoms with van der Waals surface area (Å²) in [5.41, 5.74) is 0. The monoisotopic (exact) mass is 199 g/mol. The number of rotatable bonds is 4. The Kier molecular flexibility index (Phi) is 4.85. The van der Waals surface area contributed by atoms with Crippen LogP contribution in [0.1, 0.15) is 20.3 Å². The van der Waals surface area contributed by atoms with E-state index in [2.05, 4.69) is 36.0 Å². The molecule has 0 bridgehead atoms. The van der Waals surface area contributed by atoms with Crippen LogP contribution in [0.4, 0.5) is 0 Å². The van der Waals surface area contributed by atoms with Gasteiger partial charge in [0.2, 0.25) is 0 Å². The highest BCUT2D eigenvalue weighted by Gasteiger charge is 2.23. The van der Waals surface area contributed by atoms with Crippen molar-refractivity contribution in [2.75, 3.05) is 40.3 Å². The van der Waals surface area contributed by atoms with Crippen molar-refractivity contribution in [3.05, 3.63) is 0 Å². The maximum absolute atomic E-state index is 3.22. The molecule has 1 saturated heterocycles. The first-order valence-corrected chi connectivity index (χ1v) is 5.74. The molecule has 0 aliphatic carbocycles. The Balaban J connectivity index is 2.30. The highest BCUT2D eigenvalue weighted by molar-refractivity contribution is 4.80. The van der Waals surface area contributed by atoms with E-state index < -0.39 is 0 Å². The van der Waals surface area contributed by atoms with Gasteiger partial charge < -0.3 is 10.2 Å². The molecule has 84 valence electrons. The molecule has 0 amide bonds. The first kappa shape index (κ1) is 12.0. The van der Waals surface area contributed by atoms with Gasteiger partial charge in [0.25, 0.3) is 0 Å². The molecule has 0 aromatic rings. The SMILES string of the molecule is CNCCC(C)N1CCN(C)C(C)C1. The Hall–Kier alpha value is -0.120. The molecule has 1 aliphatic heterocycles. The van der Waals surface area contributed by atoms with Gasteiger partial charge in [0.1, 0.15) is 0 Å². The summed E-state index contributed by atoms with van der Waals surface area (Å²) in [6, 6.07) is 1.43. The third kappa shape index (κ3) is 3.23. The van der Waals surface area contributed by atoms with Gasteiger partial charge in [-0.15, -0.1) is 0 Å². The smallest absolute Gasteiger partial charge is 0.0192 e. The molecule has 3 heteroatoms. The van der Waals surface area contributed by atoms with Gasteiger partial charge in [0, 0.05) is 31.7 Å². The highest BCUT2D eigenvalue weighted by atomic mass is 15.3. The van der Waals surface area contributed by atoms with Crippen molar-refractivity contribution in [1.82, 2.24) is 15.1 Å². The van der Waals surface area contributed by atoms with Gasteiger partial charge in [-0.25, -0.2) is 0 Å². The van der Waals surface area contributed by atoms with Crippen LogP contribution < -0.4 is 5.32 Å². The average molecular weight is 199 g/mol. The van der Waals surface area contributed by atoms with E-state index in [0.29, 0.717) is 6.04 Å². The van der Waals surface area contributed by atoms with E-state index in [0.717, 1.165) is 12.6 Å². The van der Waals surface area contributed by atoms with Crippen LogP contribution in [0, 0.1) is 0 Å². The number of piperazine rings is 1. The summed E-state index contributed by atoms with van der Waals surface area (Å²) in [6.07, 6.45) is 1.26. The normalized spacial score (nSPS) is 27.9. The minimum atomic E-state index is 0.709. The van der Waals surface area contributed by atoms with Crippen LogP contribution in [0.5, 0.6) is 0 Å². The molecule has 0 spiro atoms. The molecule has 1 N–H and O–H groups in total. The predicted molar refractivity (Wildman–Crippen MR) is 61.7 cm³/mol. The van der Waals surface area contributed by atoms with E-state index in [1.165, 1.54) is 26.1 Å². The standard InChI is InChI=1S/C11H25N3/c1-10(5-6-12-3)14-8-7-13(4)11(2)9-14/h10-12H,5-9H2,1-4H3. The zero-order valence-corrected chi connectivity index (χ0v) is 10.1. The predicted octanol–water partition coefficient (Wildman–Crippen LogP) is 0.620. The lowest BCUT2D eigenvalue weighted by Gasteiger charge is -2.40. The fraction of sp³-hybridized carbons (Fsp3) is 1.00. The zero-order chi connectivity index (χ0) is 10.6. The highest BCUT2D eigenvalue weighted by Crippen LogP contribution is 2.11. The average Bonchev–Trinajstić information content (AvgIpc) is 2.18. The van der Waals surface area contributed by atoms with Gasteiger partial charge in [0.15, 0.2) is 0 Å². The molecule has 1 fully saturated rings. The van der Waals surface area contributed by atoms with Crippen molar-refractivity contribution in [1.29, 1.82) is 0 Å². The molecule has 1 rings (SSSR count). The van der Waals surface area contributed by atoms with Gasteiger partial charge in [-0.2, -0.15) is 0 Å². The first-order valence-electron chi connectivity index (χ1n) is 5.74. The minimum absolute atomic E-state index is 0.709. The summed E-state index contributed by atoms with van der Waals surface area (Å²) < 4.78 is 0. The van der Waals surface area contributed by atoms with E-state index in [9.17, 15) is 0 Å². The van der Waals surface area contributed by atoms with E-state index in [4.69, 9.17) is 0 Å². The maximum Gasteiger partial charge on any atom is 0.0192 e. The minimum Gasteiger partial charge on any atom is -0.320 e. The number of hydrogen-bond acceptors (Lipinski definition) is 3. The quantitative estimate of drug-likeness (QED) is 0.716.